The van der Waals surface area contributed by atoms with Gasteiger partial charge in [0.2, 0.25) is 0 Å². The fourth-order valence-electron chi connectivity index (χ4n) is 2.19. The molecule has 0 aliphatic carbocycles. The Hall–Kier alpha value is -3.01. The summed E-state index contributed by atoms with van der Waals surface area (Å²) in [6.07, 6.45) is 0. The minimum Gasteiger partial charge on any atom is -0.399 e. The number of rotatable bonds is 4. The summed E-state index contributed by atoms with van der Waals surface area (Å²) >= 11 is 4.24. The van der Waals surface area contributed by atoms with Crippen LogP contribution in [-0.4, -0.2) is 15.9 Å². The van der Waals surface area contributed by atoms with Gasteiger partial charge in [-0.15, -0.1) is 0 Å². The number of nitrogen functional groups attached to an aromatic ring is 1. The molecule has 0 bridgehead atoms. The van der Waals surface area contributed by atoms with Crippen LogP contribution < -0.4 is 16.4 Å². The summed E-state index contributed by atoms with van der Waals surface area (Å²) in [4.78, 5) is 31.4. The second-order valence-corrected chi connectivity index (χ2v) is 6.10. The van der Waals surface area contributed by atoms with Gasteiger partial charge in [-0.2, -0.15) is 0 Å². The van der Waals surface area contributed by atoms with E-state index in [1.807, 2.05) is 19.1 Å². The summed E-state index contributed by atoms with van der Waals surface area (Å²) in [5.74, 6) is 0. The maximum Gasteiger partial charge on any atom is 0.323 e. The smallest absolute Gasteiger partial charge is 0.323 e. The zero-order chi connectivity index (χ0) is 24.1. The van der Waals surface area contributed by atoms with Crippen molar-refractivity contribution < 1.29 is 14.6 Å². The van der Waals surface area contributed by atoms with Crippen LogP contribution in [0.5, 0.6) is 0 Å². The number of nitrogens with zero attached hydrogens (tertiary/aromatic N) is 2. The van der Waals surface area contributed by atoms with Crippen LogP contribution in [0.3, 0.4) is 0 Å². The second kappa shape index (κ2) is 14.1. The Morgan fingerprint density at radius 3 is 1.47 bits per heavy atom. The zero-order valence-electron chi connectivity index (χ0n) is 16.7. The van der Waals surface area contributed by atoms with E-state index in [1.165, 1.54) is 48.5 Å². The van der Waals surface area contributed by atoms with E-state index < -0.39 is 15.9 Å². The molecule has 0 aliphatic rings. The molecule has 3 aromatic carbocycles. The van der Waals surface area contributed by atoms with Crippen LogP contribution in [0, 0.1) is 27.2 Å². The van der Waals surface area contributed by atoms with E-state index >= 15 is 0 Å². The van der Waals surface area contributed by atoms with Gasteiger partial charge >= 0.3 is 6.03 Å². The van der Waals surface area contributed by atoms with Gasteiger partial charge < -0.3 is 16.4 Å². The number of halogens is 2. The Balaban J connectivity index is 0.000000358. The van der Waals surface area contributed by atoms with Crippen molar-refractivity contribution in [1.29, 1.82) is 0 Å². The summed E-state index contributed by atoms with van der Waals surface area (Å²) in [7, 11) is 0. The number of nitro groups is 2. The average Bonchev–Trinajstić information content (AvgIpc) is 2.78. The van der Waals surface area contributed by atoms with Crippen molar-refractivity contribution in [2.24, 2.45) is 0 Å². The molecule has 0 unspecified atom stereocenters. The van der Waals surface area contributed by atoms with Crippen molar-refractivity contribution in [3.8, 4) is 0 Å². The fourth-order valence-corrected chi connectivity index (χ4v) is 2.19. The normalized spacial score (nSPS) is 9.22. The number of carbonyl (C=O) groups excluding carboxylic acids is 1. The molecule has 0 spiro atoms. The topological polar surface area (TPSA) is 153 Å². The molecule has 3 aromatic rings. The number of hydrogen-bond acceptors (Lipinski definition) is 6. The average molecular weight is 663 g/mol. The Morgan fingerprint density at radius 2 is 1.09 bits per heavy atom. The van der Waals surface area contributed by atoms with Crippen LogP contribution in [0.25, 0.3) is 0 Å². The zero-order valence-corrected chi connectivity index (χ0v) is 21.0. The van der Waals surface area contributed by atoms with Crippen LogP contribution in [0.15, 0.2) is 72.8 Å². The number of nitrogens with two attached hydrogens (primary N) is 1. The largest absolute Gasteiger partial charge is 0.399 e. The lowest BCUT2D eigenvalue weighted by Gasteiger charge is -2.07. The van der Waals surface area contributed by atoms with Crippen molar-refractivity contribution in [3.05, 3.63) is 98.6 Å². The van der Waals surface area contributed by atoms with Crippen LogP contribution in [0.2, 0.25) is 0 Å². The maximum atomic E-state index is 11.7. The van der Waals surface area contributed by atoms with Crippen LogP contribution in [0.4, 0.5) is 33.2 Å². The molecule has 2 amide bonds. The number of nitro benzene ring substituents is 2. The Labute approximate surface area is 207 Å². The minimum absolute atomic E-state index is 0.0190. The van der Waals surface area contributed by atoms with Gasteiger partial charge in [0.25, 0.3) is 11.4 Å². The van der Waals surface area contributed by atoms with Crippen LogP contribution >= 0.6 is 37.2 Å². The number of anilines is 3. The number of carbonyl (C=O) groups is 1. The summed E-state index contributed by atoms with van der Waals surface area (Å²) in [6, 6.07) is 18.3. The van der Waals surface area contributed by atoms with Crippen molar-refractivity contribution in [2.75, 3.05) is 16.4 Å². The van der Waals surface area contributed by atoms with Crippen LogP contribution in [0.1, 0.15) is 5.56 Å². The molecule has 0 aliphatic heterocycles. The monoisotopic (exact) mass is 663 g/mol. The summed E-state index contributed by atoms with van der Waals surface area (Å²) in [6.45, 7) is 1.96. The van der Waals surface area contributed by atoms with Crippen molar-refractivity contribution >= 4 is 71.7 Å². The number of benzene rings is 3. The van der Waals surface area contributed by atoms with E-state index in [1.54, 1.807) is 12.1 Å². The van der Waals surface area contributed by atoms with E-state index in [4.69, 9.17) is 5.73 Å². The van der Waals surface area contributed by atoms with E-state index in [0.29, 0.717) is 17.1 Å². The van der Waals surface area contributed by atoms with E-state index in [-0.39, 0.29) is 11.4 Å². The number of urea groups is 1. The highest BCUT2D eigenvalue weighted by Crippen LogP contribution is 2.16. The molecule has 0 saturated carbocycles. The second-order valence-electron chi connectivity index (χ2n) is 6.10. The molecule has 0 radical (unpaired) electrons. The summed E-state index contributed by atoms with van der Waals surface area (Å²) in [5.41, 5.74) is 8.15. The third-order valence-electron chi connectivity index (χ3n) is 3.75. The van der Waals surface area contributed by atoms with Gasteiger partial charge in [-0.05, 0) is 43.3 Å². The van der Waals surface area contributed by atoms with Gasteiger partial charge in [0.05, 0.1) is 9.85 Å². The highest BCUT2D eigenvalue weighted by molar-refractivity contribution is 15.0. The van der Waals surface area contributed by atoms with Crippen LogP contribution in [-0.2, 0) is 0 Å². The molecule has 0 atom stereocenters. The lowest BCUT2D eigenvalue weighted by molar-refractivity contribution is -0.385. The van der Waals surface area contributed by atoms with Gasteiger partial charge in [-0.25, -0.2) is 4.79 Å². The SMILES string of the molecule is Cc1ccc(NC(=O)Nc2ccc([N+](=O)[O-])cc2)cc1.II.Nc1ccc([N+](=O)[O-])cc1. The third-order valence-corrected chi connectivity index (χ3v) is 3.75. The number of nitrogens with one attached hydrogen (secondary N) is 2. The van der Waals surface area contributed by atoms with Gasteiger partial charge in [0.1, 0.15) is 0 Å². The first-order valence-electron chi connectivity index (χ1n) is 8.78. The molecule has 0 saturated heterocycles. The molecule has 168 valence electrons. The molecule has 3 rings (SSSR count). The highest BCUT2D eigenvalue weighted by Gasteiger charge is 2.06. The highest BCUT2D eigenvalue weighted by atomic mass is 128. The van der Waals surface area contributed by atoms with Gasteiger partial charge in [-0.3, -0.25) is 20.2 Å². The molecular weight excluding hydrogens is 644 g/mol. The molecule has 32 heavy (non-hydrogen) atoms. The van der Waals surface area contributed by atoms with Gasteiger partial charge in [0, 0.05) is 78.6 Å². The number of hydrogen-bond donors (Lipinski definition) is 3. The lowest BCUT2D eigenvalue weighted by atomic mass is 10.2. The molecule has 0 heterocycles. The first-order valence-corrected chi connectivity index (χ1v) is 15.1. The Bertz CT molecular complexity index is 1030. The Morgan fingerprint density at radius 1 is 0.750 bits per heavy atom. The van der Waals surface area contributed by atoms with Gasteiger partial charge in [-0.1, -0.05) is 17.7 Å². The quantitative estimate of drug-likeness (QED) is 0.126. The first-order chi connectivity index (χ1) is 15.2. The fraction of sp³-hybridized carbons (Fsp3) is 0.0500. The number of non-ortho nitro benzene ring substituents is 2. The van der Waals surface area contributed by atoms with E-state index in [2.05, 4.69) is 47.9 Å². The molecule has 0 fully saturated rings. The summed E-state index contributed by atoms with van der Waals surface area (Å²) < 4.78 is 0. The predicted octanol–water partition coefficient (Wildman–Crippen LogP) is 6.50. The van der Waals surface area contributed by atoms with Crippen molar-refractivity contribution in [1.82, 2.24) is 0 Å². The third kappa shape index (κ3) is 9.86. The lowest BCUT2D eigenvalue weighted by Crippen LogP contribution is -2.19. The van der Waals surface area contributed by atoms with Gasteiger partial charge in [0.15, 0.2) is 0 Å². The maximum absolute atomic E-state index is 11.7. The molecule has 12 heteroatoms. The van der Waals surface area contributed by atoms with Crippen molar-refractivity contribution in [2.45, 2.75) is 6.92 Å². The standard InChI is InChI=1S/C14H13N3O3.C6H6N2O2.I2/c1-10-2-4-11(5-3-10)15-14(18)16-12-6-8-13(9-7-12)17(19)20;7-5-1-3-6(4-2-5)8(9)10;1-2/h2-9H,1H3,(H2,15,16,18);1-4H,7H2;. The first kappa shape index (κ1) is 27.0. The van der Waals surface area contributed by atoms with Crippen molar-refractivity contribution in [3.63, 3.8) is 0 Å². The molecular formula is C20H19I2N5O5. The van der Waals surface area contributed by atoms with E-state index in [0.717, 1.165) is 5.56 Å². The summed E-state index contributed by atoms with van der Waals surface area (Å²) in [5, 5.41) is 25.9. The minimum atomic E-state index is -0.490. The number of amides is 2. The molecule has 4 N–H and O–H groups in total. The molecule has 10 nitrogen and oxygen atoms in total. The molecule has 0 aromatic heterocycles. The van der Waals surface area contributed by atoms with E-state index in [9.17, 15) is 25.0 Å². The Kier molecular flexibility index (Phi) is 11.9. The number of aryl methyl sites for hydroxylation is 1. The predicted molar refractivity (Wildman–Crippen MR) is 142 cm³/mol.